The summed E-state index contributed by atoms with van der Waals surface area (Å²) in [7, 11) is 1.41. The molecule has 1 atom stereocenters. The number of nitrogens with zero attached hydrogens (tertiary/aromatic N) is 5. The van der Waals surface area contributed by atoms with Crippen LogP contribution in [0, 0.1) is 11.3 Å². The van der Waals surface area contributed by atoms with Crippen molar-refractivity contribution in [3.8, 4) is 6.07 Å². The van der Waals surface area contributed by atoms with Gasteiger partial charge in [-0.2, -0.15) is 18.4 Å². The number of alkyl halides is 3. The number of carbonyl (C=O) groups is 1. The first-order chi connectivity index (χ1) is 17.1. The fraction of sp³-hybridized carbons (Fsp3) is 0.280. The van der Waals surface area contributed by atoms with E-state index in [0.717, 1.165) is 16.8 Å². The van der Waals surface area contributed by atoms with E-state index in [1.54, 1.807) is 31.2 Å². The lowest BCUT2D eigenvalue weighted by molar-refractivity contribution is -0.140. The predicted molar refractivity (Wildman–Crippen MR) is 124 cm³/mol. The Morgan fingerprint density at radius 2 is 1.89 bits per heavy atom. The SMILES string of the molecule is CCCOC(=O)C1=C(C)N(c2cccc(C(F)(F)F)c2)c2nn(C)c(=O)n2C1c1ccc(C#N)cc1. The minimum absolute atomic E-state index is 0.0423. The third kappa shape index (κ3) is 4.26. The standard InChI is InChI=1S/C25H22F3N5O3/c1-4-12-36-22(34)20-15(2)32(19-7-5-6-18(13-19)25(26,27)28)23-30-31(3)24(35)33(23)21(20)17-10-8-16(14-29)9-11-17/h5-11,13,21H,4,12H2,1-3H3. The molecule has 1 aliphatic heterocycles. The van der Waals surface area contributed by atoms with Crippen molar-refractivity contribution in [1.29, 1.82) is 5.26 Å². The average molecular weight is 497 g/mol. The zero-order chi connectivity index (χ0) is 26.2. The van der Waals surface area contributed by atoms with Gasteiger partial charge in [-0.15, -0.1) is 5.10 Å². The lowest BCUT2D eigenvalue weighted by Gasteiger charge is -2.35. The fourth-order valence-corrected chi connectivity index (χ4v) is 4.16. The first kappa shape index (κ1) is 24.8. The summed E-state index contributed by atoms with van der Waals surface area (Å²) < 4.78 is 48.2. The van der Waals surface area contributed by atoms with Crippen molar-refractivity contribution in [1.82, 2.24) is 14.3 Å². The molecule has 0 amide bonds. The van der Waals surface area contributed by atoms with Gasteiger partial charge in [0.15, 0.2) is 0 Å². The van der Waals surface area contributed by atoms with Crippen molar-refractivity contribution in [2.24, 2.45) is 7.05 Å². The average Bonchev–Trinajstić information content (AvgIpc) is 3.14. The highest BCUT2D eigenvalue weighted by molar-refractivity contribution is 5.93. The van der Waals surface area contributed by atoms with Crippen molar-refractivity contribution in [3.05, 3.63) is 87.0 Å². The molecular weight excluding hydrogens is 475 g/mol. The number of aromatic nitrogens is 3. The van der Waals surface area contributed by atoms with Crippen molar-refractivity contribution in [2.45, 2.75) is 32.5 Å². The molecule has 2 heterocycles. The van der Waals surface area contributed by atoms with Crippen LogP contribution in [-0.4, -0.2) is 26.9 Å². The molecule has 0 N–H and O–H groups in total. The summed E-state index contributed by atoms with van der Waals surface area (Å²) in [4.78, 5) is 27.9. The van der Waals surface area contributed by atoms with Gasteiger partial charge in [0, 0.05) is 18.4 Å². The Labute approximate surface area is 204 Å². The number of ether oxygens (including phenoxy) is 1. The lowest BCUT2D eigenvalue weighted by atomic mass is 9.93. The summed E-state index contributed by atoms with van der Waals surface area (Å²) in [6.07, 6.45) is -4.05. The molecule has 2 aromatic carbocycles. The van der Waals surface area contributed by atoms with Crippen LogP contribution in [0.4, 0.5) is 24.8 Å². The molecular formula is C25H22F3N5O3. The molecule has 0 aliphatic carbocycles. The van der Waals surface area contributed by atoms with Gasteiger partial charge in [0.1, 0.15) is 6.04 Å². The Balaban J connectivity index is 2.01. The molecule has 0 saturated carbocycles. The number of hydrogen-bond acceptors (Lipinski definition) is 6. The van der Waals surface area contributed by atoms with Crippen LogP contribution in [0.3, 0.4) is 0 Å². The van der Waals surface area contributed by atoms with Crippen LogP contribution in [-0.2, 0) is 22.8 Å². The smallest absolute Gasteiger partial charge is 0.416 e. The molecule has 1 unspecified atom stereocenters. The second-order valence-electron chi connectivity index (χ2n) is 8.23. The van der Waals surface area contributed by atoms with Gasteiger partial charge < -0.3 is 4.74 Å². The van der Waals surface area contributed by atoms with Crippen LogP contribution in [0.2, 0.25) is 0 Å². The fourth-order valence-electron chi connectivity index (χ4n) is 4.16. The summed E-state index contributed by atoms with van der Waals surface area (Å²) in [6, 6.07) is 12.0. The summed E-state index contributed by atoms with van der Waals surface area (Å²) >= 11 is 0. The lowest BCUT2D eigenvalue weighted by Crippen LogP contribution is -2.38. The number of anilines is 2. The van der Waals surface area contributed by atoms with Gasteiger partial charge in [-0.3, -0.25) is 4.90 Å². The molecule has 8 nitrogen and oxygen atoms in total. The molecule has 11 heteroatoms. The molecule has 3 aromatic rings. The molecule has 1 aliphatic rings. The molecule has 0 radical (unpaired) electrons. The minimum atomic E-state index is -4.60. The first-order valence-electron chi connectivity index (χ1n) is 11.1. The van der Waals surface area contributed by atoms with E-state index in [0.29, 0.717) is 17.5 Å². The van der Waals surface area contributed by atoms with Gasteiger partial charge in [0.05, 0.1) is 29.4 Å². The molecule has 0 spiro atoms. The molecule has 0 bridgehead atoms. The van der Waals surface area contributed by atoms with Crippen LogP contribution < -0.4 is 10.6 Å². The number of hydrogen-bond donors (Lipinski definition) is 0. The minimum Gasteiger partial charge on any atom is -0.462 e. The van der Waals surface area contributed by atoms with Gasteiger partial charge in [-0.25, -0.2) is 18.8 Å². The molecule has 1 aromatic heterocycles. The second kappa shape index (κ2) is 9.37. The third-order valence-electron chi connectivity index (χ3n) is 5.84. The maximum Gasteiger partial charge on any atom is 0.416 e. The Hall–Kier alpha value is -4.33. The van der Waals surface area contributed by atoms with Crippen LogP contribution >= 0.6 is 0 Å². The predicted octanol–water partition coefficient (Wildman–Crippen LogP) is 4.44. The molecule has 36 heavy (non-hydrogen) atoms. The van der Waals surface area contributed by atoms with Crippen molar-refractivity contribution < 1.29 is 22.7 Å². The number of allylic oxidation sites excluding steroid dienone is 1. The quantitative estimate of drug-likeness (QED) is 0.484. The van der Waals surface area contributed by atoms with E-state index in [2.05, 4.69) is 5.10 Å². The topological polar surface area (TPSA) is 93.2 Å². The largest absolute Gasteiger partial charge is 0.462 e. The van der Waals surface area contributed by atoms with E-state index < -0.39 is 29.4 Å². The zero-order valence-electron chi connectivity index (χ0n) is 19.7. The van der Waals surface area contributed by atoms with E-state index in [1.807, 2.05) is 13.0 Å². The van der Waals surface area contributed by atoms with Crippen LogP contribution in [0.25, 0.3) is 0 Å². The number of rotatable bonds is 5. The highest BCUT2D eigenvalue weighted by Crippen LogP contribution is 2.43. The molecule has 0 saturated heterocycles. The van der Waals surface area contributed by atoms with Crippen LogP contribution in [0.5, 0.6) is 0 Å². The second-order valence-corrected chi connectivity index (χ2v) is 8.23. The number of benzene rings is 2. The van der Waals surface area contributed by atoms with Crippen LogP contribution in [0.15, 0.2) is 64.6 Å². The maximum atomic E-state index is 13.5. The Kier molecular flexibility index (Phi) is 6.45. The van der Waals surface area contributed by atoms with Gasteiger partial charge in [-0.1, -0.05) is 25.1 Å². The number of fused-ring (bicyclic) bond motifs is 1. The van der Waals surface area contributed by atoms with E-state index in [1.165, 1.54) is 28.6 Å². The highest BCUT2D eigenvalue weighted by atomic mass is 19.4. The third-order valence-corrected chi connectivity index (χ3v) is 5.84. The number of nitriles is 1. The van der Waals surface area contributed by atoms with Crippen LogP contribution in [0.1, 0.15) is 43.0 Å². The van der Waals surface area contributed by atoms with Gasteiger partial charge in [0.25, 0.3) is 0 Å². The Bertz CT molecular complexity index is 1450. The van der Waals surface area contributed by atoms with Crippen molar-refractivity contribution in [3.63, 3.8) is 0 Å². The van der Waals surface area contributed by atoms with E-state index in [-0.39, 0.29) is 29.5 Å². The van der Waals surface area contributed by atoms with E-state index in [4.69, 9.17) is 4.74 Å². The first-order valence-corrected chi connectivity index (χ1v) is 11.1. The van der Waals surface area contributed by atoms with Crippen molar-refractivity contribution >= 4 is 17.6 Å². The summed E-state index contributed by atoms with van der Waals surface area (Å²) in [5.41, 5.74) is -0.151. The van der Waals surface area contributed by atoms with Gasteiger partial charge in [-0.05, 0) is 49.2 Å². The summed E-state index contributed by atoms with van der Waals surface area (Å²) in [5.74, 6) is -0.664. The van der Waals surface area contributed by atoms with Gasteiger partial charge in [0.2, 0.25) is 5.95 Å². The molecule has 0 fully saturated rings. The van der Waals surface area contributed by atoms with Gasteiger partial charge >= 0.3 is 17.8 Å². The maximum absolute atomic E-state index is 13.5. The molecule has 186 valence electrons. The monoisotopic (exact) mass is 497 g/mol. The Morgan fingerprint density at radius 3 is 2.50 bits per heavy atom. The molecule has 4 rings (SSSR count). The number of halogens is 3. The van der Waals surface area contributed by atoms with Crippen molar-refractivity contribution in [2.75, 3.05) is 11.5 Å². The summed E-state index contributed by atoms with van der Waals surface area (Å²) in [6.45, 7) is 3.52. The summed E-state index contributed by atoms with van der Waals surface area (Å²) in [5, 5.41) is 13.5. The highest BCUT2D eigenvalue weighted by Gasteiger charge is 2.40. The zero-order valence-corrected chi connectivity index (χ0v) is 19.7. The number of aryl methyl sites for hydroxylation is 1. The van der Waals surface area contributed by atoms with E-state index in [9.17, 15) is 28.0 Å². The Morgan fingerprint density at radius 1 is 1.19 bits per heavy atom. The normalized spacial score (nSPS) is 15.5. The number of esters is 1. The number of carbonyl (C=O) groups excluding carboxylic acids is 1. The van der Waals surface area contributed by atoms with E-state index >= 15 is 0 Å².